The highest BCUT2D eigenvalue weighted by Gasteiger charge is 2.33. The van der Waals surface area contributed by atoms with Gasteiger partial charge in [0, 0.05) is 98.3 Å². The maximum Gasteiger partial charge on any atom is 0.407 e. The average Bonchev–Trinajstić information content (AvgIpc) is 4.13. The van der Waals surface area contributed by atoms with Gasteiger partial charge >= 0.3 is 12.2 Å². The summed E-state index contributed by atoms with van der Waals surface area (Å²) >= 11 is 14.9. The molecule has 0 saturated carbocycles. The van der Waals surface area contributed by atoms with Gasteiger partial charge in [-0.05, 0) is 156 Å². The summed E-state index contributed by atoms with van der Waals surface area (Å²) in [5, 5.41) is 7.42. The van der Waals surface area contributed by atoms with E-state index in [9.17, 15) is 28.0 Å². The van der Waals surface area contributed by atoms with E-state index in [0.29, 0.717) is 90.9 Å². The summed E-state index contributed by atoms with van der Waals surface area (Å²) in [7, 11) is 3.39. The Morgan fingerprint density at radius 3 is 1.79 bits per heavy atom. The molecular weight excluding hydrogens is 1150 g/mol. The minimum absolute atomic E-state index is 0.133. The number of carbonyl (C=O) groups is 3. The normalized spacial score (nSPS) is 16.0. The summed E-state index contributed by atoms with van der Waals surface area (Å²) in [6.07, 6.45) is 8.75. The first-order valence-electron chi connectivity index (χ1n) is 25.1. The maximum absolute atomic E-state index is 14.2. The molecule has 77 heavy (non-hydrogen) atoms. The number of amides is 3. The highest BCUT2D eigenvalue weighted by Crippen LogP contribution is 2.32. The van der Waals surface area contributed by atoms with Crippen LogP contribution < -0.4 is 30.9 Å². The standard InChI is InChI=1S/C27H31ClFIN6O3.C27H30ClFN6O3/c1-27(2,3)39-26(38)32-19-6-5-13-35(16-19)25-33-23(30)22(24(37)34(4)20-9-11-31-12-10-20)36(25)15-17-14-18(29)7-8-21(17)28;1-27(2,3)38-26(37)31-18-6-5-11-34(15-18)25-32-22-19-13-30-10-9-21(19)33(4)24(36)23(22)35(25)14-16-12-17(29)7-8-20(16)28/h7-12,14,19H,5-6,13,15-16H2,1-4H3,(H,32,38);7-10,12-13,18H,5-6,11,14-15H2,1-4H3,(H,31,37)/t19-;18-/m11/s1. The molecule has 2 aliphatic rings. The number of anilines is 3. The van der Waals surface area contributed by atoms with Gasteiger partial charge in [0.1, 0.15) is 43.3 Å². The highest BCUT2D eigenvalue weighted by molar-refractivity contribution is 14.1. The number of piperidine rings is 2. The molecule has 2 N–H and O–H groups in total. The van der Waals surface area contributed by atoms with Crippen LogP contribution in [0.4, 0.5) is 36.0 Å². The predicted octanol–water partition coefficient (Wildman–Crippen LogP) is 10.1. The van der Waals surface area contributed by atoms with Crippen LogP contribution in [0, 0.1) is 15.3 Å². The van der Waals surface area contributed by atoms with Gasteiger partial charge in [0.05, 0.1) is 18.6 Å². The zero-order valence-corrected chi connectivity index (χ0v) is 47.7. The van der Waals surface area contributed by atoms with Crippen LogP contribution in [0.2, 0.25) is 10.0 Å². The van der Waals surface area contributed by atoms with Crippen molar-refractivity contribution in [2.45, 2.75) is 104 Å². The monoisotopic (exact) mass is 1210 g/mol. The lowest BCUT2D eigenvalue weighted by Crippen LogP contribution is -2.49. The van der Waals surface area contributed by atoms with E-state index in [0.717, 1.165) is 31.1 Å². The summed E-state index contributed by atoms with van der Waals surface area (Å²) < 4.78 is 44.9. The SMILES string of the molecule is CN(C(=O)c1c(I)nc(N2CCC[C@@H](NC(=O)OC(C)(C)C)C2)n1Cc1cc(F)ccc1Cl)c1ccncc1.Cn1c(=O)c2c(nc(N3CCC[C@@H](NC(=O)OC(C)(C)C)C3)n2Cc2cc(F)ccc2Cl)c2cnccc21. The minimum Gasteiger partial charge on any atom is -0.444 e. The lowest BCUT2D eigenvalue weighted by molar-refractivity contribution is 0.0488. The summed E-state index contributed by atoms with van der Waals surface area (Å²) in [4.78, 5) is 75.9. The molecule has 5 aromatic heterocycles. The van der Waals surface area contributed by atoms with Crippen molar-refractivity contribution in [1.29, 1.82) is 0 Å². The molecule has 2 aromatic carbocycles. The number of ether oxygens (including phenoxy) is 2. The Balaban J connectivity index is 0.000000204. The van der Waals surface area contributed by atoms with Crippen molar-refractivity contribution in [2.75, 3.05) is 47.9 Å². The van der Waals surface area contributed by atoms with Crippen LogP contribution in [-0.4, -0.2) is 108 Å². The van der Waals surface area contributed by atoms with E-state index in [1.807, 2.05) is 51.3 Å². The second-order valence-corrected chi connectivity index (χ2v) is 22.8. The third-order valence-electron chi connectivity index (χ3n) is 12.9. The molecule has 0 bridgehead atoms. The zero-order valence-electron chi connectivity index (χ0n) is 44.0. The Morgan fingerprint density at radius 2 is 1.26 bits per heavy atom. The van der Waals surface area contributed by atoms with Crippen molar-refractivity contribution in [3.63, 3.8) is 0 Å². The van der Waals surface area contributed by atoms with Crippen LogP contribution in [0.5, 0.6) is 0 Å². The number of carbonyl (C=O) groups excluding carboxylic acids is 3. The van der Waals surface area contributed by atoms with Gasteiger partial charge in [0.15, 0.2) is 0 Å². The number of hydrogen-bond donors (Lipinski definition) is 2. The van der Waals surface area contributed by atoms with Crippen LogP contribution in [0.3, 0.4) is 0 Å². The fourth-order valence-electron chi connectivity index (χ4n) is 9.39. The van der Waals surface area contributed by atoms with Crippen LogP contribution >= 0.6 is 45.8 Å². The van der Waals surface area contributed by atoms with Crippen molar-refractivity contribution in [3.8, 4) is 0 Å². The van der Waals surface area contributed by atoms with Crippen LogP contribution in [0.1, 0.15) is 88.8 Å². The molecule has 2 aliphatic heterocycles. The first-order valence-corrected chi connectivity index (χ1v) is 26.9. The van der Waals surface area contributed by atoms with Gasteiger partial charge in [-0.1, -0.05) is 23.2 Å². The average molecular weight is 1210 g/mol. The van der Waals surface area contributed by atoms with E-state index in [2.05, 4.69) is 43.2 Å². The number of benzene rings is 2. The summed E-state index contributed by atoms with van der Waals surface area (Å²) in [6.45, 7) is 13.5. The second-order valence-electron chi connectivity index (χ2n) is 21.0. The number of pyridine rings is 3. The van der Waals surface area contributed by atoms with Crippen LogP contribution in [0.25, 0.3) is 21.9 Å². The van der Waals surface area contributed by atoms with E-state index in [4.69, 9.17) is 42.6 Å². The van der Waals surface area contributed by atoms with E-state index in [1.165, 1.54) is 41.3 Å². The molecule has 2 atom stereocenters. The Kier molecular flexibility index (Phi) is 17.3. The van der Waals surface area contributed by atoms with Gasteiger partial charge in [0.2, 0.25) is 11.9 Å². The van der Waals surface area contributed by atoms with E-state index >= 15 is 0 Å². The maximum atomic E-state index is 14.2. The largest absolute Gasteiger partial charge is 0.444 e. The zero-order chi connectivity index (χ0) is 55.5. The molecular formula is C54H61Cl2F2IN12O6. The second kappa shape index (κ2) is 23.6. The molecule has 0 spiro atoms. The Bertz CT molecular complexity index is 3380. The van der Waals surface area contributed by atoms with Gasteiger partial charge in [-0.15, -0.1) is 0 Å². The molecule has 2 saturated heterocycles. The fourth-order valence-corrected chi connectivity index (χ4v) is 10.5. The minimum atomic E-state index is -0.606. The van der Waals surface area contributed by atoms with Gasteiger partial charge < -0.3 is 48.5 Å². The predicted molar refractivity (Wildman–Crippen MR) is 302 cm³/mol. The van der Waals surface area contributed by atoms with Crippen molar-refractivity contribution >= 4 is 103 Å². The number of hydrogen-bond acceptors (Lipinski definition) is 12. The number of rotatable bonds is 10. The van der Waals surface area contributed by atoms with Crippen molar-refractivity contribution in [1.82, 2.24) is 44.3 Å². The molecule has 7 aromatic rings. The number of aryl methyl sites for hydroxylation is 1. The van der Waals surface area contributed by atoms with Gasteiger partial charge in [0.25, 0.3) is 11.5 Å². The lowest BCUT2D eigenvalue weighted by Gasteiger charge is -2.34. The molecule has 3 amide bonds. The van der Waals surface area contributed by atoms with Crippen molar-refractivity contribution < 1.29 is 32.6 Å². The first-order chi connectivity index (χ1) is 36.4. The number of nitrogens with one attached hydrogen (secondary N) is 2. The van der Waals surface area contributed by atoms with E-state index in [-0.39, 0.29) is 36.6 Å². The van der Waals surface area contributed by atoms with Crippen LogP contribution in [0.15, 0.2) is 84.2 Å². The molecule has 0 aliphatic carbocycles. The summed E-state index contributed by atoms with van der Waals surface area (Å²) in [5.41, 5.74) is 2.24. The van der Waals surface area contributed by atoms with Crippen molar-refractivity contribution in [3.05, 3.63) is 132 Å². The number of alkyl carbamates (subject to hydrolysis) is 2. The number of aromatic nitrogens is 7. The van der Waals surface area contributed by atoms with Gasteiger partial charge in [-0.25, -0.2) is 28.3 Å². The molecule has 0 unspecified atom stereocenters. The van der Waals surface area contributed by atoms with Gasteiger partial charge in [-0.3, -0.25) is 19.6 Å². The quantitative estimate of drug-likeness (QED) is 0.124. The molecule has 0 radical (unpaired) electrons. The molecule has 2 fully saturated rings. The third kappa shape index (κ3) is 13.6. The third-order valence-corrected chi connectivity index (χ3v) is 14.3. The van der Waals surface area contributed by atoms with E-state index < -0.39 is 35.0 Å². The fraction of sp³-hybridized carbons (Fsp3) is 0.407. The van der Waals surface area contributed by atoms with Crippen LogP contribution in [-0.2, 0) is 29.6 Å². The van der Waals surface area contributed by atoms with E-state index in [1.54, 1.807) is 70.8 Å². The number of fused-ring (bicyclic) bond motifs is 3. The molecule has 9 rings (SSSR count). The number of nitrogens with zero attached hydrogens (tertiary/aromatic N) is 10. The molecule has 23 heteroatoms. The number of imidazole rings is 2. The Labute approximate surface area is 468 Å². The summed E-state index contributed by atoms with van der Waals surface area (Å²) in [5.74, 6) is -0.0339. The number of halogens is 5. The Hall–Kier alpha value is -6.59. The molecule has 7 heterocycles. The lowest BCUT2D eigenvalue weighted by atomic mass is 10.1. The Morgan fingerprint density at radius 1 is 0.753 bits per heavy atom. The smallest absolute Gasteiger partial charge is 0.407 e. The summed E-state index contributed by atoms with van der Waals surface area (Å²) in [6, 6.07) is 13.3. The highest BCUT2D eigenvalue weighted by atomic mass is 127. The van der Waals surface area contributed by atoms with Gasteiger partial charge in [-0.2, -0.15) is 0 Å². The topological polar surface area (TPSA) is 187 Å². The molecule has 408 valence electrons. The van der Waals surface area contributed by atoms with Crippen molar-refractivity contribution in [2.24, 2.45) is 7.05 Å². The molecule has 18 nitrogen and oxygen atoms in total. The first kappa shape index (κ1) is 56.6.